The van der Waals surface area contributed by atoms with E-state index in [4.69, 9.17) is 10.00 Å². The number of ether oxygens (including phenoxy) is 1. The summed E-state index contributed by atoms with van der Waals surface area (Å²) in [6.45, 7) is 0.187. The van der Waals surface area contributed by atoms with Crippen molar-refractivity contribution in [2.75, 3.05) is 0 Å². The Labute approximate surface area is 121 Å². The van der Waals surface area contributed by atoms with Crippen molar-refractivity contribution in [3.05, 3.63) is 71.7 Å². The number of hydrogen-bond acceptors (Lipinski definition) is 3. The fourth-order valence-electron chi connectivity index (χ4n) is 2.09. The lowest BCUT2D eigenvalue weighted by atomic mass is 10.1. The molecule has 0 spiro atoms. The van der Waals surface area contributed by atoms with E-state index >= 15 is 0 Å². The fraction of sp³-hybridized carbons (Fsp3) is 0.0588. The van der Waals surface area contributed by atoms with Gasteiger partial charge in [0.1, 0.15) is 18.2 Å². The molecule has 0 fully saturated rings. The van der Waals surface area contributed by atoms with Crippen molar-refractivity contribution in [3.63, 3.8) is 0 Å². The third-order valence-electron chi connectivity index (χ3n) is 3.06. The summed E-state index contributed by atoms with van der Waals surface area (Å²) in [6, 6.07) is 15.7. The Bertz CT molecular complexity index is 840. The molecule has 0 aliphatic carbocycles. The number of para-hydroxylation sites is 1. The molecule has 0 aliphatic rings. The van der Waals surface area contributed by atoms with Gasteiger partial charge < -0.3 is 4.74 Å². The van der Waals surface area contributed by atoms with E-state index in [0.29, 0.717) is 11.3 Å². The molecule has 3 nitrogen and oxygen atoms in total. The molecule has 102 valence electrons. The van der Waals surface area contributed by atoms with E-state index in [1.54, 1.807) is 12.3 Å². The highest BCUT2D eigenvalue weighted by Gasteiger charge is 2.03. The SMILES string of the molecule is N#Cc1cc(F)cc(COc2cnc3ccccc3c2)c1. The van der Waals surface area contributed by atoms with Gasteiger partial charge in [0.15, 0.2) is 0 Å². The lowest BCUT2D eigenvalue weighted by Crippen LogP contribution is -1.97. The van der Waals surface area contributed by atoms with Gasteiger partial charge in [-0.25, -0.2) is 4.39 Å². The first kappa shape index (κ1) is 13.1. The third-order valence-corrected chi connectivity index (χ3v) is 3.06. The zero-order valence-electron chi connectivity index (χ0n) is 11.1. The summed E-state index contributed by atoms with van der Waals surface area (Å²) in [4.78, 5) is 4.29. The monoisotopic (exact) mass is 278 g/mol. The standard InChI is InChI=1S/C17H11FN2O/c18-15-6-12(9-19)5-13(7-15)11-21-16-8-14-3-1-2-4-17(14)20-10-16/h1-8,10H,11H2. The van der Waals surface area contributed by atoms with Crippen molar-refractivity contribution in [2.24, 2.45) is 0 Å². The second-order valence-corrected chi connectivity index (χ2v) is 4.61. The number of hydrogen-bond donors (Lipinski definition) is 0. The van der Waals surface area contributed by atoms with E-state index in [2.05, 4.69) is 4.98 Å². The smallest absolute Gasteiger partial charge is 0.138 e. The summed E-state index contributed by atoms with van der Waals surface area (Å²) in [7, 11) is 0. The third kappa shape index (κ3) is 2.98. The van der Waals surface area contributed by atoms with Crippen LogP contribution < -0.4 is 4.74 Å². The molecular formula is C17H11FN2O. The second kappa shape index (κ2) is 5.59. The van der Waals surface area contributed by atoms with Crippen LogP contribution in [0.1, 0.15) is 11.1 Å². The molecule has 0 N–H and O–H groups in total. The number of benzene rings is 2. The molecule has 0 unspecified atom stereocenters. The van der Waals surface area contributed by atoms with Crippen molar-refractivity contribution in [2.45, 2.75) is 6.61 Å². The zero-order chi connectivity index (χ0) is 14.7. The average Bonchev–Trinajstić information content (AvgIpc) is 2.52. The van der Waals surface area contributed by atoms with Crippen molar-refractivity contribution in [1.29, 1.82) is 5.26 Å². The molecule has 1 heterocycles. The number of nitriles is 1. The van der Waals surface area contributed by atoms with Gasteiger partial charge in [-0.05, 0) is 35.9 Å². The highest BCUT2D eigenvalue weighted by atomic mass is 19.1. The van der Waals surface area contributed by atoms with Gasteiger partial charge in [-0.1, -0.05) is 18.2 Å². The highest BCUT2D eigenvalue weighted by molar-refractivity contribution is 5.79. The van der Waals surface area contributed by atoms with Crippen LogP contribution >= 0.6 is 0 Å². The first-order valence-corrected chi connectivity index (χ1v) is 6.42. The topological polar surface area (TPSA) is 45.9 Å². The number of nitrogens with zero attached hydrogens (tertiary/aromatic N) is 2. The molecule has 4 heteroatoms. The van der Waals surface area contributed by atoms with E-state index in [9.17, 15) is 4.39 Å². The van der Waals surface area contributed by atoms with Crippen LogP contribution in [0.3, 0.4) is 0 Å². The molecular weight excluding hydrogens is 267 g/mol. The maximum Gasteiger partial charge on any atom is 0.138 e. The van der Waals surface area contributed by atoms with E-state index in [1.807, 2.05) is 36.4 Å². The maximum atomic E-state index is 13.3. The van der Waals surface area contributed by atoms with Crippen molar-refractivity contribution >= 4 is 10.9 Å². The minimum Gasteiger partial charge on any atom is -0.487 e. The molecule has 0 atom stereocenters. The van der Waals surface area contributed by atoms with Crippen LogP contribution in [0.5, 0.6) is 5.75 Å². The summed E-state index contributed by atoms with van der Waals surface area (Å²) < 4.78 is 18.9. The molecule has 0 aliphatic heterocycles. The molecule has 21 heavy (non-hydrogen) atoms. The Balaban J connectivity index is 1.80. The quantitative estimate of drug-likeness (QED) is 0.731. The number of aromatic nitrogens is 1. The predicted octanol–water partition coefficient (Wildman–Crippen LogP) is 3.82. The van der Waals surface area contributed by atoms with E-state index in [1.165, 1.54) is 12.1 Å². The van der Waals surface area contributed by atoms with Crippen LogP contribution in [0.2, 0.25) is 0 Å². The zero-order valence-corrected chi connectivity index (χ0v) is 11.1. The predicted molar refractivity (Wildman–Crippen MR) is 77.2 cm³/mol. The molecule has 3 aromatic rings. The summed E-state index contributed by atoms with van der Waals surface area (Å²) >= 11 is 0. The van der Waals surface area contributed by atoms with E-state index < -0.39 is 5.82 Å². The molecule has 0 amide bonds. The van der Waals surface area contributed by atoms with Crippen LogP contribution in [0.15, 0.2) is 54.7 Å². The van der Waals surface area contributed by atoms with Crippen molar-refractivity contribution < 1.29 is 9.13 Å². The Kier molecular flexibility index (Phi) is 3.48. The molecule has 0 saturated carbocycles. The molecule has 2 aromatic carbocycles. The normalized spacial score (nSPS) is 10.3. The van der Waals surface area contributed by atoms with Crippen molar-refractivity contribution in [1.82, 2.24) is 4.98 Å². The van der Waals surface area contributed by atoms with Crippen LogP contribution in [0.25, 0.3) is 10.9 Å². The van der Waals surface area contributed by atoms with Gasteiger partial charge in [-0.15, -0.1) is 0 Å². The second-order valence-electron chi connectivity index (χ2n) is 4.61. The van der Waals surface area contributed by atoms with Gasteiger partial charge in [-0.3, -0.25) is 4.98 Å². The summed E-state index contributed by atoms with van der Waals surface area (Å²) in [5, 5.41) is 9.80. The molecule has 0 saturated heterocycles. The first-order chi connectivity index (χ1) is 10.2. The Morgan fingerprint density at radius 3 is 2.86 bits per heavy atom. The first-order valence-electron chi connectivity index (χ1n) is 6.42. The minimum absolute atomic E-state index is 0.187. The lowest BCUT2D eigenvalue weighted by Gasteiger charge is -2.07. The van der Waals surface area contributed by atoms with Gasteiger partial charge in [0.25, 0.3) is 0 Å². The summed E-state index contributed by atoms with van der Waals surface area (Å²) in [5.41, 5.74) is 1.78. The Morgan fingerprint density at radius 1 is 1.14 bits per heavy atom. The van der Waals surface area contributed by atoms with Gasteiger partial charge in [-0.2, -0.15) is 5.26 Å². The van der Waals surface area contributed by atoms with E-state index in [-0.39, 0.29) is 12.2 Å². The van der Waals surface area contributed by atoms with Crippen LogP contribution in [-0.2, 0) is 6.61 Å². The van der Waals surface area contributed by atoms with Gasteiger partial charge >= 0.3 is 0 Å². The molecule has 1 aromatic heterocycles. The molecule has 0 radical (unpaired) electrons. The van der Waals surface area contributed by atoms with Gasteiger partial charge in [0.05, 0.1) is 23.3 Å². The Hall–Kier alpha value is -2.93. The molecule has 3 rings (SSSR count). The van der Waals surface area contributed by atoms with Gasteiger partial charge in [0.2, 0.25) is 0 Å². The van der Waals surface area contributed by atoms with Crippen LogP contribution in [-0.4, -0.2) is 4.98 Å². The maximum absolute atomic E-state index is 13.3. The number of fused-ring (bicyclic) bond motifs is 1. The number of halogens is 1. The minimum atomic E-state index is -0.440. The molecule has 0 bridgehead atoms. The lowest BCUT2D eigenvalue weighted by molar-refractivity contribution is 0.305. The number of rotatable bonds is 3. The largest absolute Gasteiger partial charge is 0.487 e. The highest BCUT2D eigenvalue weighted by Crippen LogP contribution is 2.19. The average molecular weight is 278 g/mol. The van der Waals surface area contributed by atoms with Gasteiger partial charge in [0, 0.05) is 5.39 Å². The fourth-order valence-corrected chi connectivity index (χ4v) is 2.09. The summed E-state index contributed by atoms with van der Waals surface area (Å²) in [5.74, 6) is 0.167. The number of pyridine rings is 1. The van der Waals surface area contributed by atoms with E-state index in [0.717, 1.165) is 10.9 Å². The Morgan fingerprint density at radius 2 is 2.00 bits per heavy atom. The summed E-state index contributed by atoms with van der Waals surface area (Å²) in [6.07, 6.45) is 1.63. The van der Waals surface area contributed by atoms with Crippen molar-refractivity contribution in [3.8, 4) is 11.8 Å². The van der Waals surface area contributed by atoms with Crippen LogP contribution in [0.4, 0.5) is 4.39 Å². The van der Waals surface area contributed by atoms with Crippen LogP contribution in [0, 0.1) is 17.1 Å².